The molecule has 0 amide bonds. The van der Waals surface area contributed by atoms with E-state index in [2.05, 4.69) is 48.5 Å². The number of aryl methyl sites for hydroxylation is 1. The van der Waals surface area contributed by atoms with Gasteiger partial charge in [-0.2, -0.15) is 0 Å². The second kappa shape index (κ2) is 2.88. The average Bonchev–Trinajstić information content (AvgIpc) is 2.74. The maximum Gasteiger partial charge on any atom is 0.00682 e. The Morgan fingerprint density at radius 2 is 1.67 bits per heavy atom. The molecule has 3 aliphatic carbocycles. The SMILES string of the molecule is c1ccc2c(c1)CC1C2C12CCc1ccccc12. The Kier molecular flexibility index (Phi) is 1.50. The molecule has 3 unspecified atom stereocenters. The van der Waals surface area contributed by atoms with Crippen LogP contribution in [-0.2, 0) is 18.3 Å². The van der Waals surface area contributed by atoms with Crippen molar-refractivity contribution >= 4 is 0 Å². The quantitative estimate of drug-likeness (QED) is 0.647. The first-order chi connectivity index (χ1) is 8.91. The standard InChI is InChI=1S/C18H16/c1-3-7-14-13(6-1)11-16-17(14)18(16)10-9-12-5-2-4-8-15(12)18/h1-8,16-17H,9-11H2. The highest BCUT2D eigenvalue weighted by Crippen LogP contribution is 2.74. The summed E-state index contributed by atoms with van der Waals surface area (Å²) in [5, 5.41) is 0. The van der Waals surface area contributed by atoms with E-state index < -0.39 is 0 Å². The summed E-state index contributed by atoms with van der Waals surface area (Å²) in [4.78, 5) is 0. The van der Waals surface area contributed by atoms with Gasteiger partial charge in [-0.25, -0.2) is 0 Å². The Hall–Kier alpha value is -1.56. The van der Waals surface area contributed by atoms with Gasteiger partial charge in [0.15, 0.2) is 0 Å². The summed E-state index contributed by atoms with van der Waals surface area (Å²) in [7, 11) is 0. The summed E-state index contributed by atoms with van der Waals surface area (Å²) < 4.78 is 0. The van der Waals surface area contributed by atoms with Gasteiger partial charge in [-0.3, -0.25) is 0 Å². The minimum atomic E-state index is 0.533. The van der Waals surface area contributed by atoms with Crippen molar-refractivity contribution < 1.29 is 0 Å². The van der Waals surface area contributed by atoms with Crippen LogP contribution >= 0.6 is 0 Å². The zero-order valence-corrected chi connectivity index (χ0v) is 10.4. The van der Waals surface area contributed by atoms with Crippen LogP contribution in [-0.4, -0.2) is 0 Å². The average molecular weight is 232 g/mol. The minimum absolute atomic E-state index is 0.533. The van der Waals surface area contributed by atoms with E-state index in [0.29, 0.717) is 5.41 Å². The highest BCUT2D eigenvalue weighted by Gasteiger charge is 2.69. The van der Waals surface area contributed by atoms with Crippen molar-refractivity contribution in [3.8, 4) is 0 Å². The fraction of sp³-hybridized carbons (Fsp3) is 0.333. The summed E-state index contributed by atoms with van der Waals surface area (Å²) >= 11 is 0. The van der Waals surface area contributed by atoms with Gasteiger partial charge < -0.3 is 0 Å². The molecule has 1 saturated carbocycles. The van der Waals surface area contributed by atoms with Gasteiger partial charge in [-0.15, -0.1) is 0 Å². The number of benzene rings is 2. The summed E-state index contributed by atoms with van der Waals surface area (Å²) in [6, 6.07) is 18.3. The topological polar surface area (TPSA) is 0 Å². The molecule has 1 fully saturated rings. The van der Waals surface area contributed by atoms with Gasteiger partial charge in [0.1, 0.15) is 0 Å². The zero-order valence-electron chi connectivity index (χ0n) is 10.4. The second-order valence-corrected chi connectivity index (χ2v) is 6.18. The molecule has 0 radical (unpaired) electrons. The smallest absolute Gasteiger partial charge is 0.00682 e. The molecule has 2 aromatic carbocycles. The summed E-state index contributed by atoms with van der Waals surface area (Å²) in [5.41, 5.74) is 7.09. The molecular weight excluding hydrogens is 216 g/mol. The lowest BCUT2D eigenvalue weighted by atomic mass is 9.86. The van der Waals surface area contributed by atoms with E-state index in [1.54, 1.807) is 22.3 Å². The molecule has 0 aliphatic heterocycles. The van der Waals surface area contributed by atoms with Crippen molar-refractivity contribution in [3.63, 3.8) is 0 Å². The van der Waals surface area contributed by atoms with Crippen molar-refractivity contribution in [2.24, 2.45) is 5.92 Å². The number of hydrogen-bond acceptors (Lipinski definition) is 0. The molecule has 0 aromatic heterocycles. The largest absolute Gasteiger partial charge is 0.0620 e. The normalized spacial score (nSPS) is 34.2. The van der Waals surface area contributed by atoms with Crippen molar-refractivity contribution in [2.45, 2.75) is 30.6 Å². The van der Waals surface area contributed by atoms with Gasteiger partial charge in [0, 0.05) is 5.41 Å². The third kappa shape index (κ3) is 0.880. The maximum absolute atomic E-state index is 2.39. The van der Waals surface area contributed by atoms with E-state index in [4.69, 9.17) is 0 Å². The molecule has 18 heavy (non-hydrogen) atoms. The number of rotatable bonds is 0. The minimum Gasteiger partial charge on any atom is -0.0620 e. The molecule has 2 aromatic rings. The van der Waals surface area contributed by atoms with Crippen LogP contribution < -0.4 is 0 Å². The fourth-order valence-corrected chi connectivity index (χ4v) is 4.95. The Labute approximate surface area is 108 Å². The van der Waals surface area contributed by atoms with Crippen LogP contribution in [0.25, 0.3) is 0 Å². The van der Waals surface area contributed by atoms with E-state index in [1.807, 2.05) is 0 Å². The number of fused-ring (bicyclic) bond motifs is 7. The van der Waals surface area contributed by atoms with Crippen LogP contribution in [0.5, 0.6) is 0 Å². The zero-order chi connectivity index (χ0) is 11.7. The molecule has 0 N–H and O–H groups in total. The Morgan fingerprint density at radius 3 is 2.61 bits per heavy atom. The molecule has 0 heterocycles. The molecule has 3 aliphatic rings. The molecule has 1 spiro atoms. The molecule has 88 valence electrons. The molecule has 3 atom stereocenters. The predicted molar refractivity (Wildman–Crippen MR) is 72.8 cm³/mol. The van der Waals surface area contributed by atoms with Crippen LogP contribution in [0.15, 0.2) is 48.5 Å². The van der Waals surface area contributed by atoms with Crippen LogP contribution in [0, 0.1) is 5.92 Å². The van der Waals surface area contributed by atoms with Crippen LogP contribution in [0.2, 0.25) is 0 Å². The predicted octanol–water partition coefficient (Wildman–Crippen LogP) is 3.84. The Bertz CT molecular complexity index is 655. The van der Waals surface area contributed by atoms with E-state index in [1.165, 1.54) is 19.3 Å². The van der Waals surface area contributed by atoms with Crippen LogP contribution in [0.4, 0.5) is 0 Å². The van der Waals surface area contributed by atoms with E-state index in [9.17, 15) is 0 Å². The van der Waals surface area contributed by atoms with Crippen molar-refractivity contribution in [1.82, 2.24) is 0 Å². The lowest BCUT2D eigenvalue weighted by Gasteiger charge is -2.17. The van der Waals surface area contributed by atoms with E-state index >= 15 is 0 Å². The molecule has 0 nitrogen and oxygen atoms in total. The summed E-state index contributed by atoms with van der Waals surface area (Å²) in [6.07, 6.45) is 4.00. The van der Waals surface area contributed by atoms with Gasteiger partial charge in [-0.05, 0) is 53.4 Å². The Morgan fingerprint density at radius 1 is 0.889 bits per heavy atom. The lowest BCUT2D eigenvalue weighted by Crippen LogP contribution is -2.11. The first-order valence-corrected chi connectivity index (χ1v) is 7.07. The summed E-state index contributed by atoms with van der Waals surface area (Å²) in [6.45, 7) is 0. The third-order valence-corrected chi connectivity index (χ3v) is 5.67. The second-order valence-electron chi connectivity index (χ2n) is 6.18. The fourth-order valence-electron chi connectivity index (χ4n) is 4.95. The maximum atomic E-state index is 2.39. The van der Waals surface area contributed by atoms with E-state index in [0.717, 1.165) is 11.8 Å². The highest BCUT2D eigenvalue weighted by atomic mass is 14.7. The molecule has 0 bridgehead atoms. The third-order valence-electron chi connectivity index (χ3n) is 5.67. The Balaban J connectivity index is 1.68. The summed E-state index contributed by atoms with van der Waals surface area (Å²) in [5.74, 6) is 1.73. The number of hydrogen-bond donors (Lipinski definition) is 0. The highest BCUT2D eigenvalue weighted by molar-refractivity contribution is 5.58. The van der Waals surface area contributed by atoms with Crippen molar-refractivity contribution in [2.75, 3.05) is 0 Å². The monoisotopic (exact) mass is 232 g/mol. The van der Waals surface area contributed by atoms with Gasteiger partial charge in [0.25, 0.3) is 0 Å². The van der Waals surface area contributed by atoms with Crippen LogP contribution in [0.3, 0.4) is 0 Å². The molecule has 0 heteroatoms. The molecule has 5 rings (SSSR count). The van der Waals surface area contributed by atoms with Gasteiger partial charge in [0.2, 0.25) is 0 Å². The van der Waals surface area contributed by atoms with Gasteiger partial charge in [-0.1, -0.05) is 48.5 Å². The molecule has 0 saturated heterocycles. The first-order valence-electron chi connectivity index (χ1n) is 7.07. The van der Waals surface area contributed by atoms with Crippen LogP contribution in [0.1, 0.15) is 34.6 Å². The van der Waals surface area contributed by atoms with Crippen molar-refractivity contribution in [1.29, 1.82) is 0 Å². The van der Waals surface area contributed by atoms with Crippen molar-refractivity contribution in [3.05, 3.63) is 70.8 Å². The van der Waals surface area contributed by atoms with Gasteiger partial charge >= 0.3 is 0 Å². The molecular formula is C18H16. The van der Waals surface area contributed by atoms with E-state index in [-0.39, 0.29) is 0 Å². The lowest BCUT2D eigenvalue weighted by molar-refractivity contribution is 0.580. The first kappa shape index (κ1) is 9.38. The van der Waals surface area contributed by atoms with Gasteiger partial charge in [0.05, 0.1) is 0 Å².